The fourth-order valence-electron chi connectivity index (χ4n) is 3.31. The van der Waals surface area contributed by atoms with Gasteiger partial charge in [0.05, 0.1) is 24.1 Å². The highest BCUT2D eigenvalue weighted by molar-refractivity contribution is 9.10. The number of sulfonamides is 1. The van der Waals surface area contributed by atoms with E-state index in [9.17, 15) is 18.0 Å². The second-order valence-electron chi connectivity index (χ2n) is 9.16. The van der Waals surface area contributed by atoms with Crippen LogP contribution in [0.5, 0.6) is 5.75 Å². The number of hydrogen-bond acceptors (Lipinski definition) is 5. The Labute approximate surface area is 220 Å². The maximum Gasteiger partial charge on any atom is 0.244 e. The summed E-state index contributed by atoms with van der Waals surface area (Å²) >= 11 is 9.62. The molecule has 11 heteroatoms. The number of carbonyl (C=O) groups excluding carboxylic acids is 2. The summed E-state index contributed by atoms with van der Waals surface area (Å²) in [6.45, 7) is 6.75. The van der Waals surface area contributed by atoms with Crippen LogP contribution in [-0.2, 0) is 26.2 Å². The molecule has 8 nitrogen and oxygen atoms in total. The van der Waals surface area contributed by atoms with Gasteiger partial charge >= 0.3 is 0 Å². The third-order valence-electron chi connectivity index (χ3n) is 5.01. The Hall–Kier alpha value is -2.30. The molecule has 0 heterocycles. The van der Waals surface area contributed by atoms with Crippen molar-refractivity contribution in [3.63, 3.8) is 0 Å². The van der Waals surface area contributed by atoms with Crippen LogP contribution in [0.25, 0.3) is 0 Å². The van der Waals surface area contributed by atoms with Crippen molar-refractivity contribution in [3.05, 3.63) is 57.5 Å². The zero-order valence-electron chi connectivity index (χ0n) is 20.6. The van der Waals surface area contributed by atoms with Gasteiger partial charge in [-0.3, -0.25) is 13.9 Å². The van der Waals surface area contributed by atoms with Crippen molar-refractivity contribution >= 4 is 55.1 Å². The lowest BCUT2D eigenvalue weighted by atomic mass is 10.1. The molecule has 2 aromatic rings. The minimum atomic E-state index is -3.86. The lowest BCUT2D eigenvalue weighted by Gasteiger charge is -2.33. The van der Waals surface area contributed by atoms with Crippen molar-refractivity contribution in [3.8, 4) is 5.75 Å². The number of amides is 2. The van der Waals surface area contributed by atoms with Crippen molar-refractivity contribution < 1.29 is 22.7 Å². The quantitative estimate of drug-likeness (QED) is 0.474. The molecule has 2 rings (SSSR count). The van der Waals surface area contributed by atoms with Crippen LogP contribution in [0.1, 0.15) is 33.3 Å². The van der Waals surface area contributed by atoms with Gasteiger partial charge in [-0.25, -0.2) is 8.42 Å². The van der Waals surface area contributed by atoms with Gasteiger partial charge in [-0.05, 0) is 63.6 Å². The summed E-state index contributed by atoms with van der Waals surface area (Å²) in [5.74, 6) is -0.517. The molecule has 0 fully saturated rings. The van der Waals surface area contributed by atoms with Crippen LogP contribution < -0.4 is 14.4 Å². The number of anilines is 1. The van der Waals surface area contributed by atoms with Crippen molar-refractivity contribution in [1.82, 2.24) is 10.2 Å². The van der Waals surface area contributed by atoms with Crippen LogP contribution in [0.4, 0.5) is 5.69 Å². The molecule has 0 aromatic heterocycles. The Morgan fingerprint density at radius 2 is 1.83 bits per heavy atom. The van der Waals surface area contributed by atoms with E-state index in [1.807, 2.05) is 45.0 Å². The molecule has 1 N–H and O–H groups in total. The Bertz CT molecular complexity index is 1180. The van der Waals surface area contributed by atoms with Gasteiger partial charge in [0.15, 0.2) is 0 Å². The van der Waals surface area contributed by atoms with Gasteiger partial charge in [-0.15, -0.1) is 0 Å². The van der Waals surface area contributed by atoms with Crippen LogP contribution in [0.3, 0.4) is 0 Å². The fraction of sp³-hybridized carbons (Fsp3) is 0.417. The van der Waals surface area contributed by atoms with Gasteiger partial charge < -0.3 is 15.0 Å². The highest BCUT2D eigenvalue weighted by atomic mass is 79.9. The molecule has 0 aliphatic carbocycles. The van der Waals surface area contributed by atoms with Gasteiger partial charge in [-0.1, -0.05) is 39.7 Å². The number of benzene rings is 2. The Kier molecular flexibility index (Phi) is 9.61. The number of rotatable bonds is 9. The smallest absolute Gasteiger partial charge is 0.244 e. The van der Waals surface area contributed by atoms with E-state index in [-0.39, 0.29) is 23.2 Å². The molecule has 2 aromatic carbocycles. The third kappa shape index (κ3) is 8.40. The van der Waals surface area contributed by atoms with Crippen molar-refractivity contribution in [1.29, 1.82) is 0 Å². The standard InChI is InChI=1S/C24H31BrClN3O5S/c1-16(23(31)27-24(2,3)4)28(14-17-8-7-9-18(25)12-17)22(30)15-29(35(6,32)33)19-10-11-21(34-5)20(26)13-19/h7-13,16H,14-15H2,1-6H3,(H,27,31)/t16-/m0/s1. The molecule has 0 saturated carbocycles. The van der Waals surface area contributed by atoms with Crippen LogP contribution in [-0.4, -0.2) is 56.6 Å². The topological polar surface area (TPSA) is 96.0 Å². The predicted molar refractivity (Wildman–Crippen MR) is 142 cm³/mol. The highest BCUT2D eigenvalue weighted by Gasteiger charge is 2.31. The van der Waals surface area contributed by atoms with Crippen LogP contribution in [0.2, 0.25) is 5.02 Å². The first-order valence-corrected chi connectivity index (χ1v) is 13.8. The second kappa shape index (κ2) is 11.6. The first-order chi connectivity index (χ1) is 16.1. The molecular weight excluding hydrogens is 558 g/mol. The Morgan fingerprint density at radius 1 is 1.17 bits per heavy atom. The van der Waals surface area contributed by atoms with E-state index in [0.29, 0.717) is 5.75 Å². The summed E-state index contributed by atoms with van der Waals surface area (Å²) in [7, 11) is -2.41. The molecule has 192 valence electrons. The molecule has 0 aliphatic rings. The number of halogens is 2. The normalized spacial score (nSPS) is 12.6. The zero-order valence-corrected chi connectivity index (χ0v) is 23.8. The molecule has 0 aliphatic heterocycles. The van der Waals surface area contributed by atoms with Gasteiger partial charge in [0.2, 0.25) is 21.8 Å². The number of nitrogens with zero attached hydrogens (tertiary/aromatic N) is 2. The van der Waals surface area contributed by atoms with Crippen molar-refractivity contribution in [2.75, 3.05) is 24.2 Å². The summed E-state index contributed by atoms with van der Waals surface area (Å²) in [6, 6.07) is 10.9. The molecule has 1 atom stereocenters. The Balaban J connectivity index is 2.43. The number of carbonyl (C=O) groups is 2. The molecule has 0 radical (unpaired) electrons. The van der Waals surface area contributed by atoms with E-state index in [1.54, 1.807) is 6.92 Å². The summed E-state index contributed by atoms with van der Waals surface area (Å²) in [4.78, 5) is 27.9. The zero-order chi connectivity index (χ0) is 26.6. The lowest BCUT2D eigenvalue weighted by molar-refractivity contribution is -0.140. The number of ether oxygens (including phenoxy) is 1. The minimum absolute atomic E-state index is 0.109. The summed E-state index contributed by atoms with van der Waals surface area (Å²) < 4.78 is 32.2. The number of hydrogen-bond donors (Lipinski definition) is 1. The second-order valence-corrected chi connectivity index (χ2v) is 12.4. The molecule has 2 amide bonds. The SMILES string of the molecule is COc1ccc(N(CC(=O)N(Cc2cccc(Br)c2)[C@@H](C)C(=O)NC(C)(C)C)S(C)(=O)=O)cc1Cl. The largest absolute Gasteiger partial charge is 0.495 e. The maximum atomic E-state index is 13.6. The number of methoxy groups -OCH3 is 1. The summed E-state index contributed by atoms with van der Waals surface area (Å²) in [5.41, 5.74) is 0.483. The third-order valence-corrected chi connectivity index (χ3v) is 6.94. The molecule has 0 spiro atoms. The van der Waals surface area contributed by atoms with Crippen LogP contribution in [0, 0.1) is 0 Å². The van der Waals surface area contributed by atoms with Crippen LogP contribution in [0.15, 0.2) is 46.9 Å². The van der Waals surface area contributed by atoms with Gasteiger partial charge in [0.25, 0.3) is 0 Å². The predicted octanol–water partition coefficient (Wildman–Crippen LogP) is 4.21. The first kappa shape index (κ1) is 28.9. The summed E-state index contributed by atoms with van der Waals surface area (Å²) in [6.07, 6.45) is 1.01. The summed E-state index contributed by atoms with van der Waals surface area (Å²) in [5, 5.41) is 3.09. The molecule has 0 saturated heterocycles. The molecule has 35 heavy (non-hydrogen) atoms. The van der Waals surface area contributed by atoms with Crippen molar-refractivity contribution in [2.45, 2.75) is 45.8 Å². The maximum absolute atomic E-state index is 13.6. The van der Waals surface area contributed by atoms with E-state index < -0.39 is 34.1 Å². The van der Waals surface area contributed by atoms with E-state index in [1.165, 1.54) is 30.2 Å². The lowest BCUT2D eigenvalue weighted by Crippen LogP contribution is -2.54. The van der Waals surface area contributed by atoms with Gasteiger partial charge in [0.1, 0.15) is 18.3 Å². The van der Waals surface area contributed by atoms with Gasteiger partial charge in [-0.2, -0.15) is 0 Å². The molecular formula is C24H31BrClN3O5S. The molecule has 0 unspecified atom stereocenters. The van der Waals surface area contributed by atoms with Gasteiger partial charge in [0, 0.05) is 16.6 Å². The minimum Gasteiger partial charge on any atom is -0.495 e. The van der Waals surface area contributed by atoms with E-state index >= 15 is 0 Å². The monoisotopic (exact) mass is 587 g/mol. The molecule has 0 bridgehead atoms. The Morgan fingerprint density at radius 3 is 2.34 bits per heavy atom. The highest BCUT2D eigenvalue weighted by Crippen LogP contribution is 2.30. The average molecular weight is 589 g/mol. The van der Waals surface area contributed by atoms with E-state index in [4.69, 9.17) is 16.3 Å². The average Bonchev–Trinajstić information content (AvgIpc) is 2.73. The first-order valence-electron chi connectivity index (χ1n) is 10.8. The fourth-order valence-corrected chi connectivity index (χ4v) is 4.85. The van der Waals surface area contributed by atoms with E-state index in [0.717, 1.165) is 20.6 Å². The number of nitrogens with one attached hydrogen (secondary N) is 1. The van der Waals surface area contributed by atoms with Crippen LogP contribution >= 0.6 is 27.5 Å². The van der Waals surface area contributed by atoms with E-state index in [2.05, 4.69) is 21.2 Å². The van der Waals surface area contributed by atoms with Crippen molar-refractivity contribution in [2.24, 2.45) is 0 Å².